The van der Waals surface area contributed by atoms with Crippen molar-refractivity contribution in [1.82, 2.24) is 19.7 Å². The number of alkyl halides is 7. The summed E-state index contributed by atoms with van der Waals surface area (Å²) in [6, 6.07) is 1.07. The van der Waals surface area contributed by atoms with Crippen molar-refractivity contribution in [2.45, 2.75) is 40.8 Å². The van der Waals surface area contributed by atoms with Crippen LogP contribution in [-0.4, -0.2) is 55.9 Å². The SMILES string of the molecule is Cn1c(Sc2c(C(N)=O)cc([N+](=O)[O-])cc2-c2ncc(C(F)(F)C(F)(F)C(F)(F)F)cc2F)nnc1C1(C)OCCO1. The molecule has 226 valence electrons. The largest absolute Gasteiger partial charge is 0.460 e. The topological polar surface area (TPSA) is 148 Å². The van der Waals surface area contributed by atoms with Crippen LogP contribution in [0.1, 0.15) is 28.7 Å². The lowest BCUT2D eigenvalue weighted by atomic mass is 10.0. The first kappa shape index (κ1) is 31.0. The minimum atomic E-state index is -6.70. The number of halogens is 8. The third-order valence-electron chi connectivity index (χ3n) is 6.03. The van der Waals surface area contributed by atoms with Gasteiger partial charge in [0, 0.05) is 41.4 Å². The van der Waals surface area contributed by atoms with Gasteiger partial charge in [0.1, 0.15) is 11.5 Å². The molecular formula is C22H16F8N6O5S. The fraction of sp³-hybridized carbons (Fsp3) is 0.364. The van der Waals surface area contributed by atoms with E-state index in [0.29, 0.717) is 17.8 Å². The summed E-state index contributed by atoms with van der Waals surface area (Å²) < 4.78 is 121. The molecule has 3 aromatic rings. The Bertz CT molecular complexity index is 1580. The second kappa shape index (κ2) is 10.4. The smallest absolute Gasteiger partial charge is 0.366 e. The maximum atomic E-state index is 15.2. The van der Waals surface area contributed by atoms with E-state index in [1.165, 1.54) is 18.5 Å². The van der Waals surface area contributed by atoms with Crippen molar-refractivity contribution in [3.8, 4) is 11.3 Å². The normalized spacial score (nSPS) is 15.7. The van der Waals surface area contributed by atoms with Crippen LogP contribution in [0.4, 0.5) is 40.8 Å². The predicted molar refractivity (Wildman–Crippen MR) is 124 cm³/mol. The second-order valence-electron chi connectivity index (χ2n) is 8.80. The van der Waals surface area contributed by atoms with Crippen molar-refractivity contribution in [3.05, 3.63) is 57.3 Å². The number of hydrogen-bond donors (Lipinski definition) is 1. The second-order valence-corrected chi connectivity index (χ2v) is 9.78. The minimum Gasteiger partial charge on any atom is -0.366 e. The van der Waals surface area contributed by atoms with E-state index in [1.807, 2.05) is 0 Å². The number of nitrogens with two attached hydrogens (primary N) is 1. The summed E-state index contributed by atoms with van der Waals surface area (Å²) in [5.74, 6) is -16.9. The highest BCUT2D eigenvalue weighted by molar-refractivity contribution is 7.99. The lowest BCUT2D eigenvalue weighted by Gasteiger charge is -2.28. The van der Waals surface area contributed by atoms with E-state index in [0.717, 1.165) is 6.07 Å². The number of carbonyl (C=O) groups is 1. The van der Waals surface area contributed by atoms with Gasteiger partial charge in [0.15, 0.2) is 11.0 Å². The van der Waals surface area contributed by atoms with Crippen LogP contribution < -0.4 is 5.73 Å². The van der Waals surface area contributed by atoms with Crippen molar-refractivity contribution in [1.29, 1.82) is 0 Å². The third kappa shape index (κ3) is 5.13. The molecule has 0 unspecified atom stereocenters. The molecule has 0 saturated carbocycles. The van der Waals surface area contributed by atoms with Crippen molar-refractivity contribution >= 4 is 23.4 Å². The summed E-state index contributed by atoms with van der Waals surface area (Å²) in [5, 5.41) is 19.4. The van der Waals surface area contributed by atoms with Crippen molar-refractivity contribution in [2.75, 3.05) is 13.2 Å². The van der Waals surface area contributed by atoms with Gasteiger partial charge in [-0.1, -0.05) is 0 Å². The molecule has 1 amide bonds. The number of rotatable bonds is 8. The Morgan fingerprint density at radius 3 is 2.26 bits per heavy atom. The predicted octanol–water partition coefficient (Wildman–Crippen LogP) is 4.68. The van der Waals surface area contributed by atoms with Gasteiger partial charge < -0.3 is 19.8 Å². The molecule has 0 spiro atoms. The van der Waals surface area contributed by atoms with Crippen LogP contribution in [0.25, 0.3) is 11.3 Å². The number of benzene rings is 1. The van der Waals surface area contributed by atoms with Gasteiger partial charge in [-0.3, -0.25) is 19.9 Å². The highest BCUT2D eigenvalue weighted by atomic mass is 32.2. The monoisotopic (exact) mass is 628 g/mol. The fourth-order valence-electron chi connectivity index (χ4n) is 3.89. The van der Waals surface area contributed by atoms with E-state index >= 15 is 4.39 Å². The molecule has 0 radical (unpaired) electrons. The molecule has 3 heterocycles. The Hall–Kier alpha value is -3.91. The van der Waals surface area contributed by atoms with Gasteiger partial charge in [0.2, 0.25) is 11.7 Å². The molecule has 2 aromatic heterocycles. The first-order valence-corrected chi connectivity index (χ1v) is 12.1. The van der Waals surface area contributed by atoms with Crippen LogP contribution >= 0.6 is 11.8 Å². The number of amides is 1. The molecule has 0 bridgehead atoms. The Labute approximate surface area is 233 Å². The zero-order valence-electron chi connectivity index (χ0n) is 21.0. The molecule has 2 N–H and O–H groups in total. The van der Waals surface area contributed by atoms with Crippen molar-refractivity contribution in [2.24, 2.45) is 12.8 Å². The Balaban J connectivity index is 1.89. The summed E-state index contributed by atoms with van der Waals surface area (Å²) in [6.07, 6.45) is -6.85. The standard InChI is InChI=1S/C22H16F8N6O5S/c1-19(40-3-4-41-19)17-33-34-18(35(17)2)42-15-11(6-10(36(38)39)7-12(15)16(31)37)14-13(23)5-9(8-32-14)20(24,25)21(26,27)22(28,29)30/h5-8H,3-4H2,1-2H3,(H2,31,37). The Kier molecular flexibility index (Phi) is 7.70. The lowest BCUT2D eigenvalue weighted by molar-refractivity contribution is -0.384. The number of hydrogen-bond acceptors (Lipinski definition) is 9. The van der Waals surface area contributed by atoms with Gasteiger partial charge in [0.25, 0.3) is 5.69 Å². The summed E-state index contributed by atoms with van der Waals surface area (Å²) in [4.78, 5) is 25.7. The van der Waals surface area contributed by atoms with E-state index in [9.17, 15) is 45.6 Å². The summed E-state index contributed by atoms with van der Waals surface area (Å²) in [7, 11) is 1.44. The highest BCUT2D eigenvalue weighted by Crippen LogP contribution is 2.52. The molecule has 1 saturated heterocycles. The maximum absolute atomic E-state index is 15.2. The van der Waals surface area contributed by atoms with Gasteiger partial charge in [-0.15, -0.1) is 10.2 Å². The molecular weight excluding hydrogens is 612 g/mol. The summed E-state index contributed by atoms with van der Waals surface area (Å²) in [5.41, 5.74) is 0.182. The van der Waals surface area contributed by atoms with Crippen molar-refractivity contribution in [3.63, 3.8) is 0 Å². The molecule has 1 aliphatic heterocycles. The fourth-order valence-corrected chi connectivity index (χ4v) is 4.91. The number of nitro groups is 1. The molecule has 42 heavy (non-hydrogen) atoms. The number of carbonyl (C=O) groups excluding carboxylic acids is 1. The van der Waals surface area contributed by atoms with Gasteiger partial charge in [-0.05, 0) is 24.8 Å². The molecule has 0 aliphatic carbocycles. The van der Waals surface area contributed by atoms with Gasteiger partial charge in [0.05, 0.1) is 23.7 Å². The van der Waals surface area contributed by atoms with E-state index in [1.54, 1.807) is 0 Å². The van der Waals surface area contributed by atoms with Crippen LogP contribution in [-0.2, 0) is 28.2 Å². The average Bonchev–Trinajstić information content (AvgIpc) is 3.49. The van der Waals surface area contributed by atoms with E-state index in [2.05, 4.69) is 15.2 Å². The zero-order chi connectivity index (χ0) is 31.4. The molecule has 0 atom stereocenters. The van der Waals surface area contributed by atoms with Crippen molar-refractivity contribution < 1.29 is 54.3 Å². The van der Waals surface area contributed by atoms with Gasteiger partial charge >= 0.3 is 18.0 Å². The van der Waals surface area contributed by atoms with Crippen LogP contribution in [0.3, 0.4) is 0 Å². The maximum Gasteiger partial charge on any atom is 0.460 e. The van der Waals surface area contributed by atoms with Crippen LogP contribution in [0.2, 0.25) is 0 Å². The van der Waals surface area contributed by atoms with E-state index in [4.69, 9.17) is 15.2 Å². The highest BCUT2D eigenvalue weighted by Gasteiger charge is 2.73. The number of ether oxygens (including phenoxy) is 2. The van der Waals surface area contributed by atoms with Crippen LogP contribution in [0.5, 0.6) is 0 Å². The third-order valence-corrected chi connectivity index (χ3v) is 7.21. The number of nitro benzene ring substituents is 1. The minimum absolute atomic E-state index is 0.0451. The number of pyridine rings is 1. The molecule has 11 nitrogen and oxygen atoms in total. The van der Waals surface area contributed by atoms with E-state index in [-0.39, 0.29) is 41.4 Å². The van der Waals surface area contributed by atoms with Gasteiger partial charge in [-0.2, -0.15) is 30.7 Å². The first-order chi connectivity index (χ1) is 19.3. The number of non-ortho nitro benzene ring substituents is 1. The molecule has 1 fully saturated rings. The summed E-state index contributed by atoms with van der Waals surface area (Å²) in [6.45, 7) is 1.97. The molecule has 20 heteroatoms. The average molecular weight is 628 g/mol. The zero-order valence-corrected chi connectivity index (χ0v) is 21.8. The Morgan fingerprint density at radius 1 is 1.12 bits per heavy atom. The number of aromatic nitrogens is 4. The number of nitrogens with zero attached hydrogens (tertiary/aromatic N) is 5. The summed E-state index contributed by atoms with van der Waals surface area (Å²) >= 11 is 0.547. The van der Waals surface area contributed by atoms with Crippen LogP contribution in [0.15, 0.2) is 34.4 Å². The molecule has 1 aliphatic rings. The number of primary amides is 1. The molecule has 1 aromatic carbocycles. The van der Waals surface area contributed by atoms with Crippen LogP contribution in [0, 0.1) is 15.9 Å². The molecule has 4 rings (SSSR count). The lowest BCUT2D eigenvalue weighted by Crippen LogP contribution is -2.50. The first-order valence-electron chi connectivity index (χ1n) is 11.3. The van der Waals surface area contributed by atoms with Gasteiger partial charge in [-0.25, -0.2) is 4.39 Å². The van der Waals surface area contributed by atoms with E-state index < -0.39 is 68.5 Å². The Morgan fingerprint density at radius 2 is 1.74 bits per heavy atom. The quantitative estimate of drug-likeness (QED) is 0.213.